The van der Waals surface area contributed by atoms with Gasteiger partial charge in [0.15, 0.2) is 0 Å². The van der Waals surface area contributed by atoms with Crippen molar-refractivity contribution in [3.63, 3.8) is 0 Å². The minimum absolute atomic E-state index is 0.112. The Morgan fingerprint density at radius 1 is 1.32 bits per heavy atom. The predicted molar refractivity (Wildman–Crippen MR) is 87.3 cm³/mol. The van der Waals surface area contributed by atoms with E-state index < -0.39 is 0 Å². The molecule has 2 aliphatic rings. The monoisotopic (exact) mass is 302 g/mol. The summed E-state index contributed by atoms with van der Waals surface area (Å²) in [6, 6.07) is 8.19. The first-order valence-corrected chi connectivity index (χ1v) is 8.31. The van der Waals surface area contributed by atoms with Crippen LogP contribution in [0.25, 0.3) is 0 Å². The largest absolute Gasteiger partial charge is 0.380 e. The lowest BCUT2D eigenvalue weighted by Crippen LogP contribution is -2.48. The first-order chi connectivity index (χ1) is 10.7. The van der Waals surface area contributed by atoms with Crippen LogP contribution in [0.1, 0.15) is 37.7 Å². The number of hydrogen-bond donors (Lipinski definition) is 2. The fraction of sp³-hybridized carbons (Fsp3) is 0.611. The lowest BCUT2D eigenvalue weighted by Gasteiger charge is -2.43. The van der Waals surface area contributed by atoms with Gasteiger partial charge in [-0.2, -0.15) is 0 Å². The minimum atomic E-state index is 0.112. The molecular formula is C18H26N2O2. The van der Waals surface area contributed by atoms with Crippen LogP contribution in [0.15, 0.2) is 24.3 Å². The van der Waals surface area contributed by atoms with E-state index in [2.05, 4.69) is 5.32 Å². The standard InChI is InChI=1S/C18H26N2O2/c1-22-11-12-4-2-7-16(8-12)20-18(21)15-9-13-5-3-6-14(10-15)17(13)19/h2,4,7-8,13-15,17H,3,5-6,9-11,19H2,1H3,(H,20,21). The Bertz CT molecular complexity index is 518. The van der Waals surface area contributed by atoms with Crippen molar-refractivity contribution in [3.8, 4) is 0 Å². The Hall–Kier alpha value is -1.39. The third-order valence-electron chi connectivity index (χ3n) is 5.29. The van der Waals surface area contributed by atoms with Crippen LogP contribution in [0.3, 0.4) is 0 Å². The van der Waals surface area contributed by atoms with Crippen molar-refractivity contribution in [3.05, 3.63) is 29.8 Å². The minimum Gasteiger partial charge on any atom is -0.380 e. The van der Waals surface area contributed by atoms with Crippen molar-refractivity contribution in [2.75, 3.05) is 12.4 Å². The number of methoxy groups -OCH3 is 1. The van der Waals surface area contributed by atoms with E-state index in [1.807, 2.05) is 24.3 Å². The normalized spacial score (nSPS) is 30.8. The van der Waals surface area contributed by atoms with E-state index >= 15 is 0 Å². The number of amides is 1. The number of carbonyl (C=O) groups is 1. The van der Waals surface area contributed by atoms with Crippen molar-refractivity contribution < 1.29 is 9.53 Å². The summed E-state index contributed by atoms with van der Waals surface area (Å²) >= 11 is 0. The molecular weight excluding hydrogens is 276 g/mol. The quantitative estimate of drug-likeness (QED) is 0.899. The smallest absolute Gasteiger partial charge is 0.227 e. The number of anilines is 1. The van der Waals surface area contributed by atoms with Gasteiger partial charge in [0.05, 0.1) is 6.61 Å². The SMILES string of the molecule is COCc1cccc(NC(=O)C2CC3CCCC(C2)C3N)c1. The summed E-state index contributed by atoms with van der Waals surface area (Å²) in [5, 5.41) is 3.08. The number of fused-ring (bicyclic) bond motifs is 2. The van der Waals surface area contributed by atoms with Gasteiger partial charge in [0.2, 0.25) is 5.91 Å². The molecule has 1 amide bonds. The first kappa shape index (κ1) is 15.5. The van der Waals surface area contributed by atoms with Crippen molar-refractivity contribution >= 4 is 11.6 Å². The average molecular weight is 302 g/mol. The predicted octanol–water partition coefficient (Wildman–Crippen LogP) is 2.93. The van der Waals surface area contributed by atoms with Gasteiger partial charge in [-0.05, 0) is 55.2 Å². The molecule has 0 radical (unpaired) electrons. The molecule has 4 heteroatoms. The molecule has 2 atom stereocenters. The highest BCUT2D eigenvalue weighted by Crippen LogP contribution is 2.42. The fourth-order valence-electron chi connectivity index (χ4n) is 4.15. The van der Waals surface area contributed by atoms with Gasteiger partial charge in [-0.15, -0.1) is 0 Å². The molecule has 2 unspecified atom stereocenters. The number of carbonyl (C=O) groups excluding carboxylic acids is 1. The van der Waals surface area contributed by atoms with Crippen LogP contribution < -0.4 is 11.1 Å². The molecule has 3 rings (SSSR count). The van der Waals surface area contributed by atoms with E-state index in [1.165, 1.54) is 19.3 Å². The number of hydrogen-bond acceptors (Lipinski definition) is 3. The van der Waals surface area contributed by atoms with Crippen LogP contribution in [0.5, 0.6) is 0 Å². The highest BCUT2D eigenvalue weighted by atomic mass is 16.5. The fourth-order valence-corrected chi connectivity index (χ4v) is 4.15. The Morgan fingerprint density at radius 3 is 2.73 bits per heavy atom. The molecule has 22 heavy (non-hydrogen) atoms. The number of ether oxygens (including phenoxy) is 1. The summed E-state index contributed by atoms with van der Waals surface area (Å²) in [7, 11) is 1.68. The number of nitrogens with two attached hydrogens (primary N) is 1. The van der Waals surface area contributed by atoms with E-state index in [1.54, 1.807) is 7.11 Å². The Balaban J connectivity index is 1.63. The van der Waals surface area contributed by atoms with Gasteiger partial charge in [0, 0.05) is 24.8 Å². The third kappa shape index (κ3) is 3.33. The van der Waals surface area contributed by atoms with Crippen LogP contribution in [-0.2, 0) is 16.1 Å². The third-order valence-corrected chi connectivity index (χ3v) is 5.29. The lowest BCUT2D eigenvalue weighted by molar-refractivity contribution is -0.122. The molecule has 1 aromatic carbocycles. The van der Waals surface area contributed by atoms with E-state index in [0.29, 0.717) is 24.5 Å². The van der Waals surface area contributed by atoms with Crippen LogP contribution in [0, 0.1) is 17.8 Å². The average Bonchev–Trinajstić information content (AvgIpc) is 2.47. The summed E-state index contributed by atoms with van der Waals surface area (Å²) in [5.41, 5.74) is 8.24. The molecule has 0 aliphatic heterocycles. The van der Waals surface area contributed by atoms with Crippen molar-refractivity contribution in [1.29, 1.82) is 0 Å². The molecule has 1 aromatic rings. The number of benzene rings is 1. The zero-order chi connectivity index (χ0) is 15.5. The van der Waals surface area contributed by atoms with E-state index in [0.717, 1.165) is 24.1 Å². The van der Waals surface area contributed by atoms with Gasteiger partial charge in [0.1, 0.15) is 0 Å². The van der Waals surface area contributed by atoms with Gasteiger partial charge in [-0.1, -0.05) is 18.6 Å². The molecule has 4 nitrogen and oxygen atoms in total. The van der Waals surface area contributed by atoms with Crippen molar-refractivity contribution in [1.82, 2.24) is 0 Å². The van der Waals surface area contributed by atoms with Gasteiger partial charge in [0.25, 0.3) is 0 Å². The second-order valence-corrected chi connectivity index (χ2v) is 6.82. The zero-order valence-electron chi connectivity index (χ0n) is 13.3. The van der Waals surface area contributed by atoms with Gasteiger partial charge in [-0.25, -0.2) is 0 Å². The summed E-state index contributed by atoms with van der Waals surface area (Å²) in [6.45, 7) is 0.562. The van der Waals surface area contributed by atoms with E-state index in [-0.39, 0.29) is 11.8 Å². The van der Waals surface area contributed by atoms with Crippen molar-refractivity contribution in [2.24, 2.45) is 23.5 Å². The molecule has 0 saturated heterocycles. The van der Waals surface area contributed by atoms with E-state index in [9.17, 15) is 4.79 Å². The highest BCUT2D eigenvalue weighted by Gasteiger charge is 2.40. The first-order valence-electron chi connectivity index (χ1n) is 8.31. The second kappa shape index (κ2) is 6.80. The maximum Gasteiger partial charge on any atom is 0.227 e. The summed E-state index contributed by atoms with van der Waals surface area (Å²) in [6.07, 6.45) is 5.54. The maximum absolute atomic E-state index is 12.6. The molecule has 0 spiro atoms. The van der Waals surface area contributed by atoms with Crippen molar-refractivity contribution in [2.45, 2.75) is 44.8 Å². The molecule has 2 bridgehead atoms. The topological polar surface area (TPSA) is 64.3 Å². The summed E-state index contributed by atoms with van der Waals surface area (Å²) in [4.78, 5) is 12.6. The van der Waals surface area contributed by atoms with E-state index in [4.69, 9.17) is 10.5 Å². The van der Waals surface area contributed by atoms with Crippen LogP contribution in [0.2, 0.25) is 0 Å². The number of nitrogens with one attached hydrogen (secondary N) is 1. The molecule has 3 N–H and O–H groups in total. The van der Waals surface area contributed by atoms with Crippen LogP contribution >= 0.6 is 0 Å². The maximum atomic E-state index is 12.6. The Labute approximate surface area is 132 Å². The molecule has 2 aliphatic carbocycles. The second-order valence-electron chi connectivity index (χ2n) is 6.82. The summed E-state index contributed by atoms with van der Waals surface area (Å²) in [5.74, 6) is 1.32. The Kier molecular flexibility index (Phi) is 4.79. The molecule has 120 valence electrons. The van der Waals surface area contributed by atoms with Crippen LogP contribution in [0.4, 0.5) is 5.69 Å². The molecule has 0 heterocycles. The highest BCUT2D eigenvalue weighted by molar-refractivity contribution is 5.92. The molecule has 0 aromatic heterocycles. The van der Waals surface area contributed by atoms with Gasteiger partial charge in [-0.3, -0.25) is 4.79 Å². The summed E-state index contributed by atoms with van der Waals surface area (Å²) < 4.78 is 5.14. The Morgan fingerprint density at radius 2 is 2.05 bits per heavy atom. The molecule has 2 saturated carbocycles. The lowest BCUT2D eigenvalue weighted by atomic mass is 9.65. The van der Waals surface area contributed by atoms with Crippen LogP contribution in [-0.4, -0.2) is 19.1 Å². The molecule has 2 fully saturated rings. The van der Waals surface area contributed by atoms with Gasteiger partial charge >= 0.3 is 0 Å². The van der Waals surface area contributed by atoms with Gasteiger partial charge < -0.3 is 15.8 Å². The zero-order valence-corrected chi connectivity index (χ0v) is 13.3. The number of rotatable bonds is 4.